The summed E-state index contributed by atoms with van der Waals surface area (Å²) in [5, 5.41) is 10.6. The zero-order chi connectivity index (χ0) is 16.1. The van der Waals surface area contributed by atoms with E-state index < -0.39 is 0 Å². The fourth-order valence-corrected chi connectivity index (χ4v) is 2.78. The summed E-state index contributed by atoms with van der Waals surface area (Å²) in [6.07, 6.45) is 5.26. The van der Waals surface area contributed by atoms with Gasteiger partial charge < -0.3 is 5.73 Å². The summed E-state index contributed by atoms with van der Waals surface area (Å²) in [4.78, 5) is 0. The average molecular weight is 306 g/mol. The van der Waals surface area contributed by atoms with Crippen molar-refractivity contribution in [3.63, 3.8) is 0 Å². The lowest BCUT2D eigenvalue weighted by Crippen LogP contribution is -2.13. The van der Waals surface area contributed by atoms with Crippen LogP contribution in [0.15, 0.2) is 54.7 Å². The van der Waals surface area contributed by atoms with Gasteiger partial charge in [-0.1, -0.05) is 61.9 Å². The van der Waals surface area contributed by atoms with E-state index in [2.05, 4.69) is 58.7 Å². The van der Waals surface area contributed by atoms with Gasteiger partial charge in [-0.15, -0.1) is 0 Å². The van der Waals surface area contributed by atoms with E-state index >= 15 is 0 Å². The Morgan fingerprint density at radius 2 is 1.87 bits per heavy atom. The van der Waals surface area contributed by atoms with Gasteiger partial charge in [0.1, 0.15) is 5.69 Å². The highest BCUT2D eigenvalue weighted by Gasteiger charge is 2.16. The van der Waals surface area contributed by atoms with Crippen molar-refractivity contribution in [2.75, 3.05) is 0 Å². The Kier molecular flexibility index (Phi) is 4.83. The van der Waals surface area contributed by atoms with Gasteiger partial charge >= 0.3 is 0 Å². The van der Waals surface area contributed by atoms with E-state index in [9.17, 15) is 0 Å². The molecule has 0 radical (unpaired) electrons. The minimum Gasteiger partial charge on any atom is -0.319 e. The van der Waals surface area contributed by atoms with Crippen LogP contribution >= 0.6 is 0 Å². The van der Waals surface area contributed by atoms with Gasteiger partial charge in [0.15, 0.2) is 0 Å². The molecule has 4 nitrogen and oxygen atoms in total. The van der Waals surface area contributed by atoms with Crippen LogP contribution in [0.5, 0.6) is 0 Å². The Hall–Kier alpha value is -2.46. The number of benzene rings is 2. The first-order valence-electron chi connectivity index (χ1n) is 8.09. The largest absolute Gasteiger partial charge is 0.319 e. The van der Waals surface area contributed by atoms with Crippen LogP contribution in [0.2, 0.25) is 0 Å². The maximum atomic E-state index is 6.37. The SMILES string of the molecule is CCCCc1ccc(-c2ccccc2C(N)c2cn[nH]n2)cc1. The molecule has 23 heavy (non-hydrogen) atoms. The van der Waals surface area contributed by atoms with Gasteiger partial charge in [0.05, 0.1) is 12.2 Å². The molecule has 0 fully saturated rings. The van der Waals surface area contributed by atoms with Crippen molar-refractivity contribution < 1.29 is 0 Å². The first-order valence-corrected chi connectivity index (χ1v) is 8.09. The van der Waals surface area contributed by atoms with Gasteiger partial charge in [0.2, 0.25) is 0 Å². The molecule has 0 amide bonds. The van der Waals surface area contributed by atoms with Crippen molar-refractivity contribution >= 4 is 0 Å². The van der Waals surface area contributed by atoms with Crippen LogP contribution in [0.1, 0.15) is 42.6 Å². The predicted octanol–water partition coefficient (Wildman–Crippen LogP) is 3.86. The monoisotopic (exact) mass is 306 g/mol. The van der Waals surface area contributed by atoms with Crippen molar-refractivity contribution in [2.24, 2.45) is 5.73 Å². The number of nitrogens with zero attached hydrogens (tertiary/aromatic N) is 2. The molecular formula is C19H22N4. The molecule has 3 N–H and O–H groups in total. The van der Waals surface area contributed by atoms with Gasteiger partial charge in [0, 0.05) is 0 Å². The van der Waals surface area contributed by atoms with E-state index in [1.54, 1.807) is 6.20 Å². The summed E-state index contributed by atoms with van der Waals surface area (Å²) in [5.74, 6) is 0. The molecular weight excluding hydrogens is 284 g/mol. The maximum Gasteiger partial charge on any atom is 0.104 e. The number of aromatic nitrogens is 3. The van der Waals surface area contributed by atoms with Crippen molar-refractivity contribution in [3.05, 3.63) is 71.5 Å². The molecule has 0 saturated heterocycles. The van der Waals surface area contributed by atoms with E-state index in [0.717, 1.165) is 23.2 Å². The summed E-state index contributed by atoms with van der Waals surface area (Å²) < 4.78 is 0. The van der Waals surface area contributed by atoms with Crippen molar-refractivity contribution in [1.29, 1.82) is 0 Å². The molecule has 4 heteroatoms. The van der Waals surface area contributed by atoms with Crippen LogP contribution in [-0.2, 0) is 6.42 Å². The highest BCUT2D eigenvalue weighted by atomic mass is 15.3. The molecule has 1 atom stereocenters. The highest BCUT2D eigenvalue weighted by molar-refractivity contribution is 5.68. The molecule has 0 spiro atoms. The molecule has 0 aliphatic rings. The Bertz CT molecular complexity index is 732. The maximum absolute atomic E-state index is 6.37. The van der Waals surface area contributed by atoms with Crippen LogP contribution in [-0.4, -0.2) is 15.4 Å². The third kappa shape index (κ3) is 3.48. The van der Waals surface area contributed by atoms with Crippen molar-refractivity contribution in [2.45, 2.75) is 32.2 Å². The highest BCUT2D eigenvalue weighted by Crippen LogP contribution is 2.30. The fraction of sp³-hybridized carbons (Fsp3) is 0.263. The Morgan fingerprint density at radius 3 is 2.57 bits per heavy atom. The number of H-pyrrole nitrogens is 1. The molecule has 3 rings (SSSR count). The number of rotatable bonds is 6. The van der Waals surface area contributed by atoms with E-state index in [1.165, 1.54) is 24.0 Å². The number of aryl methyl sites for hydroxylation is 1. The van der Waals surface area contributed by atoms with Gasteiger partial charge in [-0.3, -0.25) is 0 Å². The third-order valence-corrected chi connectivity index (χ3v) is 4.13. The van der Waals surface area contributed by atoms with Crippen LogP contribution in [0.4, 0.5) is 0 Å². The topological polar surface area (TPSA) is 67.6 Å². The Balaban J connectivity index is 1.91. The number of aromatic amines is 1. The lowest BCUT2D eigenvalue weighted by Gasteiger charge is -2.15. The van der Waals surface area contributed by atoms with Gasteiger partial charge in [-0.05, 0) is 35.1 Å². The molecule has 0 aliphatic carbocycles. The smallest absolute Gasteiger partial charge is 0.104 e. The lowest BCUT2D eigenvalue weighted by atomic mass is 9.93. The van der Waals surface area contributed by atoms with Gasteiger partial charge in [-0.2, -0.15) is 15.4 Å². The summed E-state index contributed by atoms with van der Waals surface area (Å²) in [6, 6.07) is 16.7. The first-order chi connectivity index (χ1) is 11.3. The van der Waals surface area contributed by atoms with Crippen LogP contribution in [0.25, 0.3) is 11.1 Å². The summed E-state index contributed by atoms with van der Waals surface area (Å²) >= 11 is 0. The molecule has 1 heterocycles. The van der Waals surface area contributed by atoms with Crippen LogP contribution in [0.3, 0.4) is 0 Å². The molecule has 2 aromatic carbocycles. The second-order valence-electron chi connectivity index (χ2n) is 5.76. The van der Waals surface area contributed by atoms with E-state index in [-0.39, 0.29) is 6.04 Å². The number of nitrogens with one attached hydrogen (secondary N) is 1. The molecule has 1 unspecified atom stereocenters. The normalized spacial score (nSPS) is 12.3. The van der Waals surface area contributed by atoms with Gasteiger partial charge in [-0.25, -0.2) is 0 Å². The zero-order valence-electron chi connectivity index (χ0n) is 13.4. The second kappa shape index (κ2) is 7.20. The number of hydrogen-bond donors (Lipinski definition) is 2. The molecule has 3 aromatic rings. The van der Waals surface area contributed by atoms with Crippen molar-refractivity contribution in [3.8, 4) is 11.1 Å². The first kappa shape index (κ1) is 15.4. The van der Waals surface area contributed by atoms with E-state index in [1.807, 2.05) is 12.1 Å². The standard InChI is InChI=1S/C19H22N4/c1-2-3-6-14-9-11-15(12-10-14)16-7-4-5-8-17(16)19(20)18-13-21-23-22-18/h4-5,7-13,19H,2-3,6,20H2,1H3,(H,21,22,23). The zero-order valence-corrected chi connectivity index (χ0v) is 13.4. The lowest BCUT2D eigenvalue weighted by molar-refractivity contribution is 0.795. The number of unbranched alkanes of at least 4 members (excludes halogenated alkanes) is 1. The van der Waals surface area contributed by atoms with E-state index in [0.29, 0.717) is 0 Å². The summed E-state index contributed by atoms with van der Waals surface area (Å²) in [7, 11) is 0. The van der Waals surface area contributed by atoms with Crippen LogP contribution in [0, 0.1) is 0 Å². The van der Waals surface area contributed by atoms with Gasteiger partial charge in [0.25, 0.3) is 0 Å². The second-order valence-corrected chi connectivity index (χ2v) is 5.76. The van der Waals surface area contributed by atoms with E-state index in [4.69, 9.17) is 5.73 Å². The quantitative estimate of drug-likeness (QED) is 0.726. The third-order valence-electron chi connectivity index (χ3n) is 4.13. The number of nitrogens with two attached hydrogens (primary N) is 1. The Morgan fingerprint density at radius 1 is 1.09 bits per heavy atom. The molecule has 0 bridgehead atoms. The Labute approximate surface area is 136 Å². The number of hydrogen-bond acceptors (Lipinski definition) is 3. The molecule has 1 aromatic heterocycles. The molecule has 118 valence electrons. The van der Waals surface area contributed by atoms with Crippen molar-refractivity contribution in [1.82, 2.24) is 15.4 Å². The average Bonchev–Trinajstić information content (AvgIpc) is 3.14. The minimum atomic E-state index is -0.287. The molecule has 0 aliphatic heterocycles. The predicted molar refractivity (Wildman–Crippen MR) is 92.9 cm³/mol. The fourth-order valence-electron chi connectivity index (χ4n) is 2.78. The molecule has 0 saturated carbocycles. The van der Waals surface area contributed by atoms with Crippen LogP contribution < -0.4 is 5.73 Å². The minimum absolute atomic E-state index is 0.287. The summed E-state index contributed by atoms with van der Waals surface area (Å²) in [6.45, 7) is 2.22. The summed E-state index contributed by atoms with van der Waals surface area (Å²) in [5.41, 5.74) is 11.9.